The molecule has 24 heavy (non-hydrogen) atoms. The number of aromatic amines is 1. The maximum absolute atomic E-state index is 13.4. The van der Waals surface area contributed by atoms with Crippen LogP contribution in [-0.2, 0) is 7.05 Å². The molecule has 0 saturated carbocycles. The van der Waals surface area contributed by atoms with Crippen LogP contribution in [-0.4, -0.2) is 19.7 Å². The van der Waals surface area contributed by atoms with Gasteiger partial charge >= 0.3 is 0 Å². The van der Waals surface area contributed by atoms with Gasteiger partial charge in [0.05, 0.1) is 21.7 Å². The molecule has 0 aliphatic carbocycles. The number of aromatic nitrogens is 4. The van der Waals surface area contributed by atoms with Crippen LogP contribution >= 0.6 is 11.6 Å². The smallest absolute Gasteiger partial charge is 0.157 e. The van der Waals surface area contributed by atoms with Gasteiger partial charge in [-0.1, -0.05) is 23.7 Å². The van der Waals surface area contributed by atoms with E-state index in [0.717, 1.165) is 33.5 Å². The van der Waals surface area contributed by atoms with Crippen LogP contribution in [0.25, 0.3) is 33.7 Å². The quantitative estimate of drug-likeness (QED) is 0.573. The lowest BCUT2D eigenvalue weighted by molar-refractivity contribution is 0.628. The Bertz CT molecular complexity index is 1030. The summed E-state index contributed by atoms with van der Waals surface area (Å²) < 4.78 is 15.2. The zero-order chi connectivity index (χ0) is 16.8. The summed E-state index contributed by atoms with van der Waals surface area (Å²) in [5, 5.41) is 4.85. The number of para-hydroxylation sites is 2. The first kappa shape index (κ1) is 14.9. The molecule has 120 valence electrons. The fraction of sp³-hybridized carbons (Fsp3) is 0.111. The molecule has 6 heteroatoms. The van der Waals surface area contributed by atoms with E-state index < -0.39 is 0 Å². The number of nitrogens with one attached hydrogen (secondary N) is 1. The fourth-order valence-corrected chi connectivity index (χ4v) is 3.27. The molecule has 4 rings (SSSR count). The summed E-state index contributed by atoms with van der Waals surface area (Å²) in [7, 11) is 1.86. The molecule has 0 unspecified atom stereocenters. The van der Waals surface area contributed by atoms with Crippen molar-refractivity contribution in [3.63, 3.8) is 0 Å². The number of H-pyrrole nitrogens is 1. The van der Waals surface area contributed by atoms with Crippen LogP contribution in [0.5, 0.6) is 0 Å². The Balaban J connectivity index is 1.99. The highest BCUT2D eigenvalue weighted by atomic mass is 35.5. The van der Waals surface area contributed by atoms with Gasteiger partial charge in [0.15, 0.2) is 5.82 Å². The van der Waals surface area contributed by atoms with Gasteiger partial charge in [0.25, 0.3) is 0 Å². The van der Waals surface area contributed by atoms with E-state index in [9.17, 15) is 4.39 Å². The molecule has 0 amide bonds. The molecule has 0 aliphatic rings. The van der Waals surface area contributed by atoms with E-state index in [1.54, 1.807) is 10.7 Å². The molecule has 2 heterocycles. The van der Waals surface area contributed by atoms with Crippen LogP contribution in [0.4, 0.5) is 4.39 Å². The molecule has 0 saturated heterocycles. The number of halogens is 2. The van der Waals surface area contributed by atoms with Crippen molar-refractivity contribution >= 4 is 22.6 Å². The third kappa shape index (κ3) is 2.29. The van der Waals surface area contributed by atoms with Gasteiger partial charge in [0.2, 0.25) is 0 Å². The molecule has 2 aromatic heterocycles. The van der Waals surface area contributed by atoms with Crippen LogP contribution in [0.2, 0.25) is 5.02 Å². The van der Waals surface area contributed by atoms with E-state index in [-0.39, 0.29) is 5.82 Å². The summed E-state index contributed by atoms with van der Waals surface area (Å²) in [5.74, 6) is 0.338. The highest BCUT2D eigenvalue weighted by molar-refractivity contribution is 6.33. The summed E-state index contributed by atoms with van der Waals surface area (Å²) in [6.07, 6.45) is 0. The second kappa shape index (κ2) is 5.46. The Labute approximate surface area is 142 Å². The Hall–Kier alpha value is -2.66. The summed E-state index contributed by atoms with van der Waals surface area (Å²) in [5.41, 5.74) is 5.03. The standard InChI is InChI=1S/C18H14ClFN4/c1-10-16(12-8-7-11(20)9-13(12)19)17(24(2)23-10)18-21-14-5-3-4-6-15(14)22-18/h3-9H,1-2H3,(H,21,22). The van der Waals surface area contributed by atoms with Crippen molar-refractivity contribution in [1.29, 1.82) is 0 Å². The molecular weight excluding hydrogens is 327 g/mol. The minimum Gasteiger partial charge on any atom is -0.337 e. The van der Waals surface area contributed by atoms with Crippen molar-refractivity contribution in [1.82, 2.24) is 19.7 Å². The van der Waals surface area contributed by atoms with E-state index in [1.807, 2.05) is 38.2 Å². The zero-order valence-electron chi connectivity index (χ0n) is 13.1. The number of fused-ring (bicyclic) bond motifs is 1. The van der Waals surface area contributed by atoms with E-state index in [4.69, 9.17) is 11.6 Å². The molecule has 0 atom stereocenters. The number of benzene rings is 2. The van der Waals surface area contributed by atoms with Crippen molar-refractivity contribution in [2.45, 2.75) is 6.92 Å². The normalized spacial score (nSPS) is 11.3. The highest BCUT2D eigenvalue weighted by Gasteiger charge is 2.21. The number of hydrogen-bond donors (Lipinski definition) is 1. The summed E-state index contributed by atoms with van der Waals surface area (Å²) >= 11 is 6.28. The Morgan fingerprint density at radius 3 is 2.71 bits per heavy atom. The molecule has 4 aromatic rings. The summed E-state index contributed by atoms with van der Waals surface area (Å²) in [6.45, 7) is 1.90. The van der Waals surface area contributed by atoms with Gasteiger partial charge < -0.3 is 4.98 Å². The van der Waals surface area contributed by atoms with Crippen LogP contribution in [0.1, 0.15) is 5.69 Å². The summed E-state index contributed by atoms with van der Waals surface area (Å²) in [4.78, 5) is 7.97. The first-order chi connectivity index (χ1) is 11.5. The van der Waals surface area contributed by atoms with Crippen molar-refractivity contribution in [3.8, 4) is 22.6 Å². The minimum atomic E-state index is -0.365. The average molecular weight is 341 g/mol. The van der Waals surface area contributed by atoms with Gasteiger partial charge in [-0.25, -0.2) is 9.37 Å². The van der Waals surface area contributed by atoms with Crippen LogP contribution in [0.15, 0.2) is 42.5 Å². The van der Waals surface area contributed by atoms with Crippen LogP contribution < -0.4 is 0 Å². The van der Waals surface area contributed by atoms with Crippen molar-refractivity contribution in [2.75, 3.05) is 0 Å². The lowest BCUT2D eigenvalue weighted by Gasteiger charge is -2.07. The number of aryl methyl sites for hydroxylation is 2. The van der Waals surface area contributed by atoms with Crippen LogP contribution in [0.3, 0.4) is 0 Å². The number of nitrogens with zero attached hydrogens (tertiary/aromatic N) is 3. The largest absolute Gasteiger partial charge is 0.337 e. The molecule has 0 spiro atoms. The maximum Gasteiger partial charge on any atom is 0.157 e. The highest BCUT2D eigenvalue weighted by Crippen LogP contribution is 2.37. The fourth-order valence-electron chi connectivity index (χ4n) is 3.01. The molecule has 0 radical (unpaired) electrons. The SMILES string of the molecule is Cc1nn(C)c(-c2nc3ccccc3[nH]2)c1-c1ccc(F)cc1Cl. The summed E-state index contributed by atoms with van der Waals surface area (Å²) in [6, 6.07) is 12.2. The van der Waals surface area contributed by atoms with Gasteiger partial charge in [0.1, 0.15) is 11.5 Å². The van der Waals surface area contributed by atoms with E-state index in [0.29, 0.717) is 10.8 Å². The number of hydrogen-bond acceptors (Lipinski definition) is 2. The lowest BCUT2D eigenvalue weighted by atomic mass is 10.0. The molecule has 1 N–H and O–H groups in total. The zero-order valence-corrected chi connectivity index (χ0v) is 13.9. The molecule has 4 nitrogen and oxygen atoms in total. The van der Waals surface area contributed by atoms with Gasteiger partial charge in [-0.05, 0) is 37.3 Å². The Morgan fingerprint density at radius 1 is 1.17 bits per heavy atom. The Morgan fingerprint density at radius 2 is 1.96 bits per heavy atom. The Kier molecular flexibility index (Phi) is 3.39. The number of imidazole rings is 1. The minimum absolute atomic E-state index is 0.350. The van der Waals surface area contributed by atoms with Gasteiger partial charge in [0, 0.05) is 18.2 Å². The first-order valence-electron chi connectivity index (χ1n) is 7.48. The second-order valence-corrected chi connectivity index (χ2v) is 6.07. The number of rotatable bonds is 2. The van der Waals surface area contributed by atoms with Crippen molar-refractivity contribution in [3.05, 3.63) is 59.0 Å². The predicted molar refractivity (Wildman–Crippen MR) is 93.4 cm³/mol. The van der Waals surface area contributed by atoms with Crippen molar-refractivity contribution < 1.29 is 4.39 Å². The lowest BCUT2D eigenvalue weighted by Crippen LogP contribution is -1.96. The van der Waals surface area contributed by atoms with Gasteiger partial charge in [-0.2, -0.15) is 5.10 Å². The topological polar surface area (TPSA) is 46.5 Å². The molecule has 0 bridgehead atoms. The van der Waals surface area contributed by atoms with E-state index in [1.165, 1.54) is 12.1 Å². The third-order valence-electron chi connectivity index (χ3n) is 4.04. The molecule has 0 aliphatic heterocycles. The van der Waals surface area contributed by atoms with Gasteiger partial charge in [-0.3, -0.25) is 4.68 Å². The molecule has 2 aromatic carbocycles. The first-order valence-corrected chi connectivity index (χ1v) is 7.86. The molecular formula is C18H14ClFN4. The molecule has 0 fully saturated rings. The average Bonchev–Trinajstić information content (AvgIpc) is 3.07. The van der Waals surface area contributed by atoms with E-state index in [2.05, 4.69) is 15.1 Å². The monoisotopic (exact) mass is 340 g/mol. The van der Waals surface area contributed by atoms with Gasteiger partial charge in [-0.15, -0.1) is 0 Å². The van der Waals surface area contributed by atoms with E-state index >= 15 is 0 Å². The van der Waals surface area contributed by atoms with Crippen LogP contribution in [0, 0.1) is 12.7 Å². The maximum atomic E-state index is 13.4. The van der Waals surface area contributed by atoms with Crippen molar-refractivity contribution in [2.24, 2.45) is 7.05 Å². The second-order valence-electron chi connectivity index (χ2n) is 5.66. The predicted octanol–water partition coefficient (Wildman–Crippen LogP) is 4.73. The third-order valence-corrected chi connectivity index (χ3v) is 4.35.